The van der Waals surface area contributed by atoms with E-state index in [4.69, 9.17) is 0 Å². The topological polar surface area (TPSA) is 91.5 Å². The van der Waals surface area contributed by atoms with Crippen LogP contribution in [0.2, 0.25) is 0 Å². The van der Waals surface area contributed by atoms with Gasteiger partial charge in [-0.3, -0.25) is 4.90 Å². The van der Waals surface area contributed by atoms with Crippen molar-refractivity contribution in [2.24, 2.45) is 0 Å². The van der Waals surface area contributed by atoms with Gasteiger partial charge in [-0.1, -0.05) is 59.3 Å². The molecule has 0 radical (unpaired) electrons. The third kappa shape index (κ3) is 5.06. The first-order valence-electron chi connectivity index (χ1n) is 10.5. The maximum Gasteiger partial charge on any atom is 0.408 e. The van der Waals surface area contributed by atoms with Crippen LogP contribution in [0.3, 0.4) is 0 Å². The van der Waals surface area contributed by atoms with Gasteiger partial charge in [0.25, 0.3) is 0 Å². The highest BCUT2D eigenvalue weighted by molar-refractivity contribution is 5.66. The summed E-state index contributed by atoms with van der Waals surface area (Å²) in [6, 6.07) is 18.8. The molecule has 1 heterocycles. The predicted molar refractivity (Wildman–Crippen MR) is 124 cm³/mol. The van der Waals surface area contributed by atoms with Gasteiger partial charge in [-0.05, 0) is 44.9 Å². The van der Waals surface area contributed by atoms with Crippen LogP contribution in [-0.4, -0.2) is 42.7 Å². The summed E-state index contributed by atoms with van der Waals surface area (Å²) < 4.78 is 1.62. The lowest BCUT2D eigenvalue weighted by molar-refractivity contribution is 0.00635. The van der Waals surface area contributed by atoms with Gasteiger partial charge in [0, 0.05) is 13.0 Å². The lowest BCUT2D eigenvalue weighted by atomic mass is 9.84. The maximum absolute atomic E-state index is 12.2. The van der Waals surface area contributed by atoms with Crippen LogP contribution in [0.4, 0.5) is 4.79 Å². The fourth-order valence-corrected chi connectivity index (χ4v) is 3.88. The number of rotatable bonds is 9. The van der Waals surface area contributed by atoms with Gasteiger partial charge >= 0.3 is 6.09 Å². The molecule has 168 valence electrons. The smallest absolute Gasteiger partial charge is 0.408 e. The van der Waals surface area contributed by atoms with Gasteiger partial charge < -0.3 is 10.2 Å². The number of aromatic nitrogens is 3. The molecule has 2 aromatic carbocycles. The Bertz CT molecular complexity index is 1060. The van der Waals surface area contributed by atoms with Crippen molar-refractivity contribution in [1.82, 2.24) is 19.9 Å². The maximum atomic E-state index is 12.2. The average Bonchev–Trinajstić information content (AvgIpc) is 3.25. The van der Waals surface area contributed by atoms with Crippen LogP contribution in [0, 0.1) is 0 Å². The first kappa shape index (κ1) is 23.2. The number of aliphatic hydroxyl groups is 1. The molecule has 0 spiro atoms. The van der Waals surface area contributed by atoms with Crippen molar-refractivity contribution in [3.05, 3.63) is 90.3 Å². The summed E-state index contributed by atoms with van der Waals surface area (Å²) in [7, 11) is 0. The van der Waals surface area contributed by atoms with E-state index in [1.54, 1.807) is 24.7 Å². The molecule has 0 fully saturated rings. The molecule has 0 aliphatic carbocycles. The van der Waals surface area contributed by atoms with E-state index < -0.39 is 17.2 Å². The van der Waals surface area contributed by atoms with Crippen LogP contribution in [0.5, 0.6) is 0 Å². The van der Waals surface area contributed by atoms with Crippen LogP contribution in [-0.2, 0) is 11.1 Å². The highest BCUT2D eigenvalue weighted by Crippen LogP contribution is 2.34. The van der Waals surface area contributed by atoms with E-state index in [1.807, 2.05) is 67.6 Å². The minimum absolute atomic E-state index is 0.110. The minimum atomic E-state index is -1.22. The van der Waals surface area contributed by atoms with E-state index in [2.05, 4.69) is 16.9 Å². The van der Waals surface area contributed by atoms with Gasteiger partial charge in [0.15, 0.2) is 0 Å². The number of benzene rings is 2. The van der Waals surface area contributed by atoms with Crippen LogP contribution < -0.4 is 0 Å². The highest BCUT2D eigenvalue weighted by atomic mass is 16.4. The molecule has 0 bridgehead atoms. The van der Waals surface area contributed by atoms with E-state index >= 15 is 0 Å². The standard InChI is InChI=1S/C25H30N4O3/c1-19(2)17-25(32,20-11-7-5-8-12-20)15-16-28(23(30)31)24(3,4)22-18-29(27-26-22)21-13-9-6-10-14-21/h5-14,18,32H,1,15-17H2,2-4H3,(H,30,31). The van der Waals surface area contributed by atoms with Gasteiger partial charge in [-0.15, -0.1) is 11.7 Å². The van der Waals surface area contributed by atoms with Crippen LogP contribution >= 0.6 is 0 Å². The Hall–Kier alpha value is -3.45. The third-order valence-corrected chi connectivity index (χ3v) is 5.70. The second-order valence-corrected chi connectivity index (χ2v) is 8.66. The summed E-state index contributed by atoms with van der Waals surface area (Å²) in [5.41, 5.74) is 0.735. The van der Waals surface area contributed by atoms with Crippen LogP contribution in [0.1, 0.15) is 44.9 Å². The molecule has 7 nitrogen and oxygen atoms in total. The number of nitrogens with zero attached hydrogens (tertiary/aromatic N) is 4. The summed E-state index contributed by atoms with van der Waals surface area (Å²) >= 11 is 0. The van der Waals surface area contributed by atoms with Gasteiger partial charge in [-0.25, -0.2) is 9.48 Å². The minimum Gasteiger partial charge on any atom is -0.465 e. The van der Waals surface area contributed by atoms with Crippen LogP contribution in [0.25, 0.3) is 5.69 Å². The van der Waals surface area contributed by atoms with Gasteiger partial charge in [0.2, 0.25) is 0 Å². The normalized spacial score (nSPS) is 13.4. The fraction of sp³-hybridized carbons (Fsp3) is 0.320. The first-order valence-corrected chi connectivity index (χ1v) is 10.5. The summed E-state index contributed by atoms with van der Waals surface area (Å²) in [6.45, 7) is 9.50. The van der Waals surface area contributed by atoms with Crippen molar-refractivity contribution in [3.8, 4) is 5.69 Å². The Morgan fingerprint density at radius 2 is 1.69 bits per heavy atom. The third-order valence-electron chi connectivity index (χ3n) is 5.70. The molecule has 3 aromatic rings. The van der Waals surface area contributed by atoms with Crippen molar-refractivity contribution < 1.29 is 15.0 Å². The Labute approximate surface area is 188 Å². The molecule has 32 heavy (non-hydrogen) atoms. The lowest BCUT2D eigenvalue weighted by Gasteiger charge is -2.38. The first-order chi connectivity index (χ1) is 15.1. The molecule has 1 atom stereocenters. The zero-order valence-electron chi connectivity index (χ0n) is 18.8. The molecule has 7 heteroatoms. The van der Waals surface area contributed by atoms with E-state index in [0.29, 0.717) is 12.1 Å². The largest absolute Gasteiger partial charge is 0.465 e. The van der Waals surface area contributed by atoms with Gasteiger partial charge in [0.1, 0.15) is 5.69 Å². The van der Waals surface area contributed by atoms with Crippen molar-refractivity contribution in [1.29, 1.82) is 0 Å². The summed E-state index contributed by atoms with van der Waals surface area (Å²) in [5.74, 6) is 0. The number of hydrogen-bond donors (Lipinski definition) is 2. The summed E-state index contributed by atoms with van der Waals surface area (Å²) in [6.07, 6.45) is 1.21. The van der Waals surface area contributed by atoms with E-state index in [-0.39, 0.29) is 13.0 Å². The second-order valence-electron chi connectivity index (χ2n) is 8.66. The zero-order valence-corrected chi connectivity index (χ0v) is 18.8. The molecule has 0 aliphatic heterocycles. The monoisotopic (exact) mass is 434 g/mol. The predicted octanol–water partition coefficient (Wildman–Crippen LogP) is 4.73. The van der Waals surface area contributed by atoms with Gasteiger partial charge in [-0.2, -0.15) is 0 Å². The van der Waals surface area contributed by atoms with Crippen LogP contribution in [0.15, 0.2) is 79.0 Å². The number of carbonyl (C=O) groups is 1. The van der Waals surface area contributed by atoms with Crippen molar-refractivity contribution >= 4 is 6.09 Å². The SMILES string of the molecule is C=C(C)CC(O)(CCN(C(=O)O)C(C)(C)c1cn(-c2ccccc2)nn1)c1ccccc1. The van der Waals surface area contributed by atoms with E-state index in [9.17, 15) is 15.0 Å². The number of hydrogen-bond acceptors (Lipinski definition) is 4. The Kier molecular flexibility index (Phi) is 6.79. The molecule has 1 aromatic heterocycles. The summed E-state index contributed by atoms with van der Waals surface area (Å²) in [5, 5.41) is 29.9. The van der Waals surface area contributed by atoms with E-state index in [1.165, 1.54) is 4.90 Å². The molecular weight excluding hydrogens is 404 g/mol. The Morgan fingerprint density at radius 1 is 1.09 bits per heavy atom. The van der Waals surface area contributed by atoms with E-state index in [0.717, 1.165) is 16.8 Å². The average molecular weight is 435 g/mol. The zero-order chi connectivity index (χ0) is 23.4. The molecular formula is C25H30N4O3. The van der Waals surface area contributed by atoms with Crippen molar-refractivity contribution in [2.75, 3.05) is 6.54 Å². The Morgan fingerprint density at radius 3 is 2.25 bits per heavy atom. The quantitative estimate of drug-likeness (QED) is 0.475. The number of para-hydroxylation sites is 1. The molecule has 1 unspecified atom stereocenters. The molecule has 1 amide bonds. The fourth-order valence-electron chi connectivity index (χ4n) is 3.88. The molecule has 2 N–H and O–H groups in total. The molecule has 0 saturated heterocycles. The van der Waals surface area contributed by atoms with Crippen molar-refractivity contribution in [3.63, 3.8) is 0 Å². The van der Waals surface area contributed by atoms with Gasteiger partial charge in [0.05, 0.1) is 23.0 Å². The summed E-state index contributed by atoms with van der Waals surface area (Å²) in [4.78, 5) is 13.5. The molecule has 3 rings (SSSR count). The highest BCUT2D eigenvalue weighted by Gasteiger charge is 2.38. The lowest BCUT2D eigenvalue weighted by Crippen LogP contribution is -2.47. The number of carboxylic acid groups (broad SMARTS) is 1. The second kappa shape index (κ2) is 9.36. The molecule has 0 aliphatic rings. The number of amides is 1. The van der Waals surface area contributed by atoms with Crippen molar-refractivity contribution in [2.45, 2.75) is 44.8 Å². The molecule has 0 saturated carbocycles. The Balaban J connectivity index is 1.86.